The second-order valence-electron chi connectivity index (χ2n) is 6.56. The predicted molar refractivity (Wildman–Crippen MR) is 97.9 cm³/mol. The molecule has 150 valence electrons. The van der Waals surface area contributed by atoms with Gasteiger partial charge in [0.2, 0.25) is 0 Å². The van der Waals surface area contributed by atoms with Gasteiger partial charge in [-0.15, -0.1) is 0 Å². The molecule has 0 aliphatic carbocycles. The Morgan fingerprint density at radius 1 is 1.14 bits per heavy atom. The number of hydrogen-bond donors (Lipinski definition) is 3. The number of urea groups is 2. The van der Waals surface area contributed by atoms with E-state index in [-0.39, 0.29) is 0 Å². The Hall–Kier alpha value is -3.82. The van der Waals surface area contributed by atoms with Crippen LogP contribution < -0.4 is 16.4 Å². The number of rotatable bonds is 5. The van der Waals surface area contributed by atoms with E-state index in [1.165, 1.54) is 31.2 Å². The topological polar surface area (TPSA) is 122 Å². The van der Waals surface area contributed by atoms with Crippen molar-refractivity contribution in [2.45, 2.75) is 12.5 Å². The van der Waals surface area contributed by atoms with Crippen LogP contribution in [0.4, 0.5) is 24.1 Å². The van der Waals surface area contributed by atoms with Gasteiger partial charge in [0, 0.05) is 11.8 Å². The lowest BCUT2D eigenvalue weighted by Crippen LogP contribution is -2.41. The van der Waals surface area contributed by atoms with E-state index < -0.39 is 53.0 Å². The van der Waals surface area contributed by atoms with Gasteiger partial charge in [-0.3, -0.25) is 14.5 Å². The summed E-state index contributed by atoms with van der Waals surface area (Å²) in [4.78, 5) is 49.0. The lowest BCUT2D eigenvalue weighted by atomic mass is 9.92. The zero-order valence-electron chi connectivity index (χ0n) is 15.2. The predicted octanol–water partition coefficient (Wildman–Crippen LogP) is 2.11. The highest BCUT2D eigenvalue weighted by Crippen LogP contribution is 2.30. The number of amides is 5. The highest BCUT2D eigenvalue weighted by molar-refractivity contribution is 6.11. The zero-order valence-corrected chi connectivity index (χ0v) is 15.2. The number of ketones is 1. The minimum absolute atomic E-state index is 0.389. The highest BCUT2D eigenvalue weighted by Gasteiger charge is 2.49. The van der Waals surface area contributed by atoms with Crippen LogP contribution in [0.3, 0.4) is 0 Å². The van der Waals surface area contributed by atoms with Crippen molar-refractivity contribution in [1.29, 1.82) is 0 Å². The second-order valence-corrected chi connectivity index (χ2v) is 6.56. The molecule has 1 aliphatic heterocycles. The molecular formula is C19H16F2N4O4. The summed E-state index contributed by atoms with van der Waals surface area (Å²) >= 11 is 0. The monoisotopic (exact) mass is 402 g/mol. The molecule has 0 spiro atoms. The molecule has 2 aromatic rings. The van der Waals surface area contributed by atoms with Gasteiger partial charge in [-0.1, -0.05) is 12.1 Å². The summed E-state index contributed by atoms with van der Waals surface area (Å²) in [5.74, 6) is -3.50. The van der Waals surface area contributed by atoms with Crippen molar-refractivity contribution in [3.8, 4) is 0 Å². The van der Waals surface area contributed by atoms with Crippen molar-refractivity contribution < 1.29 is 28.0 Å². The first kappa shape index (κ1) is 19.9. The van der Waals surface area contributed by atoms with Crippen molar-refractivity contribution >= 4 is 29.4 Å². The first-order chi connectivity index (χ1) is 13.6. The summed E-state index contributed by atoms with van der Waals surface area (Å²) in [7, 11) is 0. The average molecular weight is 402 g/mol. The normalized spacial score (nSPS) is 18.5. The van der Waals surface area contributed by atoms with Crippen LogP contribution in [0.15, 0.2) is 42.5 Å². The smallest absolute Gasteiger partial charge is 0.325 e. The maximum atomic E-state index is 13.8. The minimum atomic E-state index is -1.47. The lowest BCUT2D eigenvalue weighted by Gasteiger charge is -2.22. The molecule has 2 aromatic carbocycles. The maximum absolute atomic E-state index is 13.8. The van der Waals surface area contributed by atoms with Crippen LogP contribution in [0.1, 0.15) is 22.8 Å². The number of Topliss-reactive ketones (excluding diaryl/α,β-unsaturated/α-hetero) is 1. The fourth-order valence-corrected chi connectivity index (χ4v) is 3.01. The number of primary amides is 1. The third-order valence-electron chi connectivity index (χ3n) is 4.54. The number of benzene rings is 2. The second kappa shape index (κ2) is 7.30. The SMILES string of the molecule is CC1(c2ccc(NC(N)=O)cc2)NC(=O)N(CC(=O)c2ccc(F)cc2F)C1=O. The molecular weight excluding hydrogens is 386 g/mol. The largest absolute Gasteiger partial charge is 0.351 e. The molecule has 3 rings (SSSR count). The van der Waals surface area contributed by atoms with E-state index in [1.807, 2.05) is 0 Å². The molecule has 0 saturated carbocycles. The van der Waals surface area contributed by atoms with Crippen LogP contribution in [-0.4, -0.2) is 35.2 Å². The summed E-state index contributed by atoms with van der Waals surface area (Å²) in [6.45, 7) is 0.747. The van der Waals surface area contributed by atoms with E-state index >= 15 is 0 Å². The standard InChI is InChI=1S/C19H16F2N4O4/c1-19(10-2-5-12(6-3-10)23-17(22)28)16(27)25(18(29)24-19)9-15(26)13-7-4-11(20)8-14(13)21/h2-8H,9H2,1H3,(H,24,29)(H3,22,23,28). The molecule has 1 atom stereocenters. The summed E-state index contributed by atoms with van der Waals surface area (Å²) in [6.07, 6.45) is 0. The Morgan fingerprint density at radius 3 is 2.38 bits per heavy atom. The Bertz CT molecular complexity index is 1030. The van der Waals surface area contributed by atoms with Gasteiger partial charge in [0.25, 0.3) is 5.91 Å². The molecule has 29 heavy (non-hydrogen) atoms. The van der Waals surface area contributed by atoms with Gasteiger partial charge in [0.15, 0.2) is 5.78 Å². The van der Waals surface area contributed by atoms with E-state index in [4.69, 9.17) is 5.73 Å². The fourth-order valence-electron chi connectivity index (χ4n) is 3.01. The quantitative estimate of drug-likeness (QED) is 0.524. The molecule has 8 nitrogen and oxygen atoms in total. The van der Waals surface area contributed by atoms with Crippen LogP contribution in [0.2, 0.25) is 0 Å². The molecule has 10 heteroatoms. The summed E-state index contributed by atoms with van der Waals surface area (Å²) in [5.41, 5.74) is 3.92. The van der Waals surface area contributed by atoms with Crippen LogP contribution in [0.5, 0.6) is 0 Å². The number of imide groups is 1. The molecule has 4 N–H and O–H groups in total. The van der Waals surface area contributed by atoms with Gasteiger partial charge in [-0.05, 0) is 36.8 Å². The molecule has 1 unspecified atom stereocenters. The number of anilines is 1. The van der Waals surface area contributed by atoms with Crippen molar-refractivity contribution in [1.82, 2.24) is 10.2 Å². The average Bonchev–Trinajstić information content (AvgIpc) is 2.85. The Kier molecular flexibility index (Phi) is 5.02. The fraction of sp³-hybridized carbons (Fsp3) is 0.158. The Morgan fingerprint density at radius 2 is 1.79 bits per heavy atom. The number of nitrogens with one attached hydrogen (secondary N) is 2. The van der Waals surface area contributed by atoms with Crippen LogP contribution in [-0.2, 0) is 10.3 Å². The van der Waals surface area contributed by atoms with Crippen molar-refractivity contribution in [3.05, 3.63) is 65.2 Å². The Balaban J connectivity index is 1.81. The molecule has 5 amide bonds. The van der Waals surface area contributed by atoms with E-state index in [0.717, 1.165) is 12.1 Å². The number of carbonyl (C=O) groups excluding carboxylic acids is 4. The van der Waals surface area contributed by atoms with E-state index in [2.05, 4.69) is 10.6 Å². The third kappa shape index (κ3) is 3.77. The first-order valence-corrected chi connectivity index (χ1v) is 8.41. The maximum Gasteiger partial charge on any atom is 0.325 e. The van der Waals surface area contributed by atoms with Gasteiger partial charge >= 0.3 is 12.1 Å². The number of nitrogens with two attached hydrogens (primary N) is 1. The summed E-state index contributed by atoms with van der Waals surface area (Å²) in [5, 5.41) is 4.87. The van der Waals surface area contributed by atoms with Crippen LogP contribution >= 0.6 is 0 Å². The van der Waals surface area contributed by atoms with Crippen molar-refractivity contribution in [2.24, 2.45) is 5.73 Å². The van der Waals surface area contributed by atoms with E-state index in [0.29, 0.717) is 22.2 Å². The molecule has 1 heterocycles. The molecule has 0 radical (unpaired) electrons. The van der Waals surface area contributed by atoms with Crippen LogP contribution in [0, 0.1) is 11.6 Å². The minimum Gasteiger partial charge on any atom is -0.351 e. The lowest BCUT2D eigenvalue weighted by molar-refractivity contribution is -0.130. The van der Waals surface area contributed by atoms with E-state index in [1.54, 1.807) is 0 Å². The van der Waals surface area contributed by atoms with Crippen molar-refractivity contribution in [3.63, 3.8) is 0 Å². The number of halogens is 2. The molecule has 0 aromatic heterocycles. The summed E-state index contributed by atoms with van der Waals surface area (Å²) < 4.78 is 26.8. The van der Waals surface area contributed by atoms with Gasteiger partial charge in [0.05, 0.1) is 12.1 Å². The zero-order chi connectivity index (χ0) is 21.3. The first-order valence-electron chi connectivity index (χ1n) is 8.41. The number of carbonyl (C=O) groups is 4. The number of hydrogen-bond acceptors (Lipinski definition) is 4. The third-order valence-corrected chi connectivity index (χ3v) is 4.54. The van der Waals surface area contributed by atoms with Gasteiger partial charge < -0.3 is 16.4 Å². The molecule has 0 bridgehead atoms. The molecule has 1 aliphatic rings. The Labute approximate surface area is 163 Å². The molecule has 1 saturated heterocycles. The van der Waals surface area contributed by atoms with Crippen molar-refractivity contribution in [2.75, 3.05) is 11.9 Å². The summed E-state index contributed by atoms with van der Waals surface area (Å²) in [6, 6.07) is 6.83. The van der Waals surface area contributed by atoms with E-state index in [9.17, 15) is 28.0 Å². The number of nitrogens with zero attached hydrogens (tertiary/aromatic N) is 1. The van der Waals surface area contributed by atoms with Gasteiger partial charge in [-0.2, -0.15) is 0 Å². The van der Waals surface area contributed by atoms with Gasteiger partial charge in [-0.25, -0.2) is 18.4 Å². The molecule has 1 fully saturated rings. The van der Waals surface area contributed by atoms with Crippen LogP contribution in [0.25, 0.3) is 0 Å². The highest BCUT2D eigenvalue weighted by atomic mass is 19.1. The van der Waals surface area contributed by atoms with Gasteiger partial charge in [0.1, 0.15) is 17.2 Å².